The lowest BCUT2D eigenvalue weighted by molar-refractivity contribution is -0.151. The number of esters is 1. The fourth-order valence-corrected chi connectivity index (χ4v) is 4.81. The molecule has 0 bridgehead atoms. The van der Waals surface area contributed by atoms with Gasteiger partial charge in [-0.2, -0.15) is 0 Å². The molecule has 1 aromatic rings. The number of carbonyl (C=O) groups is 3. The van der Waals surface area contributed by atoms with Gasteiger partial charge >= 0.3 is 5.97 Å². The first-order valence-corrected chi connectivity index (χ1v) is 15.6. The number of hydrogen-bond acceptors (Lipinski definition) is 5. The predicted octanol–water partition coefficient (Wildman–Crippen LogP) is 6.27. The van der Waals surface area contributed by atoms with Crippen molar-refractivity contribution in [2.24, 2.45) is 0 Å². The highest BCUT2D eigenvalue weighted by Crippen LogP contribution is 2.21. The summed E-state index contributed by atoms with van der Waals surface area (Å²) in [4.78, 5) is 37.3. The first-order chi connectivity index (χ1) is 18.4. The van der Waals surface area contributed by atoms with Crippen LogP contribution in [0.15, 0.2) is 6.20 Å². The van der Waals surface area contributed by atoms with Gasteiger partial charge in [0.1, 0.15) is 27.7 Å². The molecule has 0 saturated heterocycles. The second-order valence-electron chi connectivity index (χ2n) is 10.8. The van der Waals surface area contributed by atoms with Crippen LogP contribution < -0.4 is 15.4 Å². The number of rotatable bonds is 10. The molecule has 4 N–H and O–H groups in total. The molecular formula is C29H54N4O5S. The van der Waals surface area contributed by atoms with Crippen LogP contribution in [0.4, 0.5) is 5.69 Å². The third-order valence-electron chi connectivity index (χ3n) is 5.91. The number of ether oxygens (including phenoxy) is 1. The number of nitrogens with one attached hydrogen (secondary N) is 4. The maximum Gasteiger partial charge on any atom is 0.303 e. The minimum absolute atomic E-state index is 0.162. The van der Waals surface area contributed by atoms with Gasteiger partial charge in [-0.3, -0.25) is 14.4 Å². The largest absolute Gasteiger partial charge is 0.460 e. The molecule has 1 aliphatic carbocycles. The van der Waals surface area contributed by atoms with Crippen LogP contribution in [0.5, 0.6) is 0 Å². The molecule has 2 amide bonds. The maximum absolute atomic E-state index is 12.6. The maximum atomic E-state index is 12.6. The lowest BCUT2D eigenvalue weighted by atomic mass is 10.2. The molecule has 1 unspecified atom stereocenters. The topological polar surface area (TPSA) is 129 Å². The number of hydrogen-bond donors (Lipinski definition) is 4. The van der Waals surface area contributed by atoms with Crippen molar-refractivity contribution in [1.82, 2.24) is 15.0 Å². The monoisotopic (exact) mass is 570 g/mol. The van der Waals surface area contributed by atoms with Crippen molar-refractivity contribution in [3.8, 4) is 0 Å². The van der Waals surface area contributed by atoms with Crippen LogP contribution in [0.3, 0.4) is 0 Å². The summed E-state index contributed by atoms with van der Waals surface area (Å²) >= 11 is 0. The lowest BCUT2D eigenvalue weighted by Gasteiger charge is -2.18. The molecule has 1 aliphatic rings. The van der Waals surface area contributed by atoms with Crippen LogP contribution in [0.25, 0.3) is 0 Å². The van der Waals surface area contributed by atoms with Gasteiger partial charge in [0.15, 0.2) is 0 Å². The average Bonchev–Trinajstić information content (AvgIpc) is 3.05. The summed E-state index contributed by atoms with van der Waals surface area (Å²) in [5.41, 5.74) is 1.20. The standard InChI is InChI=1S/C16H28N4O3S.C7H14.C6H12O2/c1-5-7-8-9-13(24(23)17-4)20-16(22)15-14(11(3)10-18-15)19-12(21)6-2;1-2-4-6-7-5-3-1;1-5(7)8-6(2,3)4/h10,13,17-18H,5-9H2,1-4H3,(H,19,21)(H,20,22);1-7H2;1-4H3/t13-,24?;;/m0../s1. The highest BCUT2D eigenvalue weighted by molar-refractivity contribution is 7.83. The molecule has 0 radical (unpaired) electrons. The van der Waals surface area contributed by atoms with E-state index in [1.807, 2.05) is 27.7 Å². The Kier molecular flexibility index (Phi) is 19.5. The summed E-state index contributed by atoms with van der Waals surface area (Å²) in [6.07, 6.45) is 16.1. The van der Waals surface area contributed by atoms with Gasteiger partial charge in [-0.15, -0.1) is 0 Å². The van der Waals surface area contributed by atoms with Gasteiger partial charge in [0.2, 0.25) is 5.91 Å². The van der Waals surface area contributed by atoms with E-state index >= 15 is 0 Å². The zero-order chi connectivity index (χ0) is 29.8. The first kappa shape index (κ1) is 36.8. The van der Waals surface area contributed by atoms with Crippen molar-refractivity contribution in [2.75, 3.05) is 12.4 Å². The smallest absolute Gasteiger partial charge is 0.303 e. The molecule has 0 spiro atoms. The summed E-state index contributed by atoms with van der Waals surface area (Å²) in [5.74, 6) is -0.762. The Morgan fingerprint density at radius 3 is 1.95 bits per heavy atom. The Labute approximate surface area is 239 Å². The minimum Gasteiger partial charge on any atom is -0.460 e. The number of aromatic amines is 1. The zero-order valence-electron chi connectivity index (χ0n) is 25.6. The van der Waals surface area contributed by atoms with Gasteiger partial charge in [0, 0.05) is 19.5 Å². The average molecular weight is 571 g/mol. The van der Waals surface area contributed by atoms with E-state index in [0.717, 1.165) is 24.8 Å². The minimum atomic E-state index is -1.36. The number of amides is 2. The molecule has 0 aromatic carbocycles. The molecule has 226 valence electrons. The van der Waals surface area contributed by atoms with E-state index in [-0.39, 0.29) is 29.1 Å². The number of anilines is 1. The Hall–Kier alpha value is -2.20. The zero-order valence-corrected chi connectivity index (χ0v) is 26.4. The van der Waals surface area contributed by atoms with Crippen molar-refractivity contribution in [3.05, 3.63) is 17.5 Å². The van der Waals surface area contributed by atoms with E-state index < -0.39 is 16.4 Å². The second-order valence-corrected chi connectivity index (χ2v) is 12.3. The molecule has 0 aliphatic heterocycles. The molecule has 39 heavy (non-hydrogen) atoms. The van der Waals surface area contributed by atoms with Crippen molar-refractivity contribution in [1.29, 1.82) is 0 Å². The Morgan fingerprint density at radius 2 is 1.56 bits per heavy atom. The molecule has 1 aromatic heterocycles. The summed E-state index contributed by atoms with van der Waals surface area (Å²) in [5, 5.41) is 5.06. The van der Waals surface area contributed by atoms with Gasteiger partial charge in [-0.25, -0.2) is 8.93 Å². The Morgan fingerprint density at radius 1 is 1.03 bits per heavy atom. The summed E-state index contributed by atoms with van der Waals surface area (Å²) in [7, 11) is 0.240. The van der Waals surface area contributed by atoms with Gasteiger partial charge in [-0.05, 0) is 46.7 Å². The van der Waals surface area contributed by atoms with E-state index in [1.54, 1.807) is 20.2 Å². The first-order valence-electron chi connectivity index (χ1n) is 14.4. The third-order valence-corrected chi connectivity index (χ3v) is 7.18. The highest BCUT2D eigenvalue weighted by Gasteiger charge is 2.23. The van der Waals surface area contributed by atoms with Crippen molar-refractivity contribution in [2.45, 2.75) is 136 Å². The van der Waals surface area contributed by atoms with Gasteiger partial charge in [0.05, 0.1) is 5.69 Å². The van der Waals surface area contributed by atoms with E-state index in [4.69, 9.17) is 4.74 Å². The fraction of sp³-hybridized carbons (Fsp3) is 0.759. The predicted molar refractivity (Wildman–Crippen MR) is 161 cm³/mol. The second kappa shape index (κ2) is 20.7. The van der Waals surface area contributed by atoms with Crippen molar-refractivity contribution < 1.29 is 23.3 Å². The fourth-order valence-electron chi connectivity index (χ4n) is 3.93. The van der Waals surface area contributed by atoms with Gasteiger partial charge in [-0.1, -0.05) is 78.1 Å². The molecule has 1 heterocycles. The molecule has 1 saturated carbocycles. The Balaban J connectivity index is 0.000000777. The van der Waals surface area contributed by atoms with E-state index in [9.17, 15) is 18.6 Å². The van der Waals surface area contributed by atoms with Crippen molar-refractivity contribution >= 4 is 34.5 Å². The Bertz CT molecular complexity index is 860. The molecule has 1 fully saturated rings. The number of H-pyrrole nitrogens is 1. The highest BCUT2D eigenvalue weighted by atomic mass is 32.2. The van der Waals surface area contributed by atoms with Crippen molar-refractivity contribution in [3.63, 3.8) is 0 Å². The summed E-state index contributed by atoms with van der Waals surface area (Å²) in [6.45, 7) is 12.6. The number of aryl methyl sites for hydroxylation is 1. The molecule has 2 atom stereocenters. The van der Waals surface area contributed by atoms with Crippen LogP contribution in [0, 0.1) is 6.92 Å². The van der Waals surface area contributed by atoms with Crippen LogP contribution >= 0.6 is 0 Å². The van der Waals surface area contributed by atoms with Crippen LogP contribution in [-0.4, -0.2) is 45.0 Å². The molecule has 10 heteroatoms. The van der Waals surface area contributed by atoms with E-state index in [1.165, 1.54) is 51.9 Å². The summed E-state index contributed by atoms with van der Waals surface area (Å²) in [6, 6.07) is 0. The van der Waals surface area contributed by atoms with Gasteiger partial charge in [0.25, 0.3) is 5.91 Å². The normalized spacial score (nSPS) is 14.8. The van der Waals surface area contributed by atoms with E-state index in [0.29, 0.717) is 18.5 Å². The quantitative estimate of drug-likeness (QED) is 0.150. The SMILES string of the molecule is C1CCCCCC1.CC(=O)OC(C)(C)C.CCCCC[C@@H](NC(=O)c1[nH]cc(C)c1NC(=O)CC)S(=O)NC. The van der Waals surface area contributed by atoms with Gasteiger partial charge < -0.3 is 20.4 Å². The third kappa shape index (κ3) is 17.9. The van der Waals surface area contributed by atoms with E-state index in [2.05, 4.69) is 27.3 Å². The number of aromatic nitrogens is 1. The molecular weight excluding hydrogens is 516 g/mol. The van der Waals surface area contributed by atoms with Crippen LogP contribution in [-0.2, 0) is 25.3 Å². The summed E-state index contributed by atoms with van der Waals surface area (Å²) < 4.78 is 19.6. The number of unbranched alkanes of at least 4 members (excludes halogenated alkanes) is 2. The molecule has 9 nitrogen and oxygen atoms in total. The lowest BCUT2D eigenvalue weighted by Crippen LogP contribution is -2.42. The van der Waals surface area contributed by atoms with Crippen LogP contribution in [0.1, 0.15) is 135 Å². The van der Waals surface area contributed by atoms with Crippen LogP contribution in [0.2, 0.25) is 0 Å². The number of carbonyl (C=O) groups excluding carboxylic acids is 3. The molecule has 2 rings (SSSR count).